The second kappa shape index (κ2) is 6.59. The SMILES string of the molecule is CCC(CC[Si](C)(C)C)=C(CC(=O)O)C(=O)O. The van der Waals surface area contributed by atoms with Crippen LogP contribution in [0.1, 0.15) is 26.2 Å². The van der Waals surface area contributed by atoms with Gasteiger partial charge in [0.15, 0.2) is 0 Å². The Labute approximate surface area is 103 Å². The summed E-state index contributed by atoms with van der Waals surface area (Å²) in [6.45, 7) is 8.54. The summed E-state index contributed by atoms with van der Waals surface area (Å²) in [5.74, 6) is -2.18. The molecule has 0 aliphatic carbocycles. The molecule has 98 valence electrons. The summed E-state index contributed by atoms with van der Waals surface area (Å²) in [5, 5.41) is 17.8. The Bertz CT molecular complexity index is 326. The number of carbonyl (C=O) groups is 2. The molecule has 4 nitrogen and oxygen atoms in total. The number of hydrogen-bond donors (Lipinski definition) is 2. The van der Waals surface area contributed by atoms with Crippen LogP contribution in [-0.4, -0.2) is 30.2 Å². The van der Waals surface area contributed by atoms with E-state index in [9.17, 15) is 9.59 Å². The van der Waals surface area contributed by atoms with Gasteiger partial charge in [0, 0.05) is 13.6 Å². The minimum absolute atomic E-state index is 0.0678. The number of carboxylic acids is 2. The topological polar surface area (TPSA) is 74.6 Å². The van der Waals surface area contributed by atoms with Gasteiger partial charge in [-0.1, -0.05) is 38.2 Å². The van der Waals surface area contributed by atoms with Gasteiger partial charge in [-0.3, -0.25) is 4.79 Å². The van der Waals surface area contributed by atoms with Crippen LogP contribution in [0, 0.1) is 0 Å². The van der Waals surface area contributed by atoms with Gasteiger partial charge < -0.3 is 10.2 Å². The third kappa shape index (κ3) is 6.94. The van der Waals surface area contributed by atoms with Crippen LogP contribution in [0.5, 0.6) is 0 Å². The molecule has 0 aromatic carbocycles. The first-order valence-electron chi connectivity index (χ1n) is 5.83. The minimum Gasteiger partial charge on any atom is -0.481 e. The van der Waals surface area contributed by atoms with Crippen molar-refractivity contribution in [1.29, 1.82) is 0 Å². The number of aliphatic carboxylic acids is 2. The van der Waals surface area contributed by atoms with Crippen LogP contribution in [0.4, 0.5) is 0 Å². The molecule has 17 heavy (non-hydrogen) atoms. The van der Waals surface area contributed by atoms with Crippen molar-refractivity contribution in [1.82, 2.24) is 0 Å². The van der Waals surface area contributed by atoms with Gasteiger partial charge in [0.05, 0.1) is 6.42 Å². The van der Waals surface area contributed by atoms with Gasteiger partial charge in [0.25, 0.3) is 0 Å². The molecule has 0 spiro atoms. The lowest BCUT2D eigenvalue weighted by Crippen LogP contribution is -2.20. The maximum absolute atomic E-state index is 11.0. The van der Waals surface area contributed by atoms with Crippen molar-refractivity contribution in [2.24, 2.45) is 0 Å². The Balaban J connectivity index is 4.95. The second-order valence-corrected chi connectivity index (χ2v) is 11.0. The zero-order valence-corrected chi connectivity index (χ0v) is 12.0. The van der Waals surface area contributed by atoms with Gasteiger partial charge in [-0.15, -0.1) is 0 Å². The van der Waals surface area contributed by atoms with Gasteiger partial charge in [-0.2, -0.15) is 0 Å². The van der Waals surface area contributed by atoms with E-state index in [4.69, 9.17) is 10.2 Å². The average molecular weight is 258 g/mol. The van der Waals surface area contributed by atoms with Crippen LogP contribution in [0.2, 0.25) is 25.7 Å². The van der Waals surface area contributed by atoms with Crippen molar-refractivity contribution in [2.75, 3.05) is 0 Å². The summed E-state index contributed by atoms with van der Waals surface area (Å²) in [7, 11) is -1.23. The molecule has 0 unspecified atom stereocenters. The molecule has 0 saturated carbocycles. The summed E-state index contributed by atoms with van der Waals surface area (Å²) >= 11 is 0. The average Bonchev–Trinajstić information content (AvgIpc) is 2.14. The lowest BCUT2D eigenvalue weighted by Gasteiger charge is -2.17. The number of hydrogen-bond acceptors (Lipinski definition) is 2. The van der Waals surface area contributed by atoms with Gasteiger partial charge >= 0.3 is 11.9 Å². The summed E-state index contributed by atoms with van der Waals surface area (Å²) in [6.07, 6.45) is 0.935. The van der Waals surface area contributed by atoms with E-state index in [0.29, 0.717) is 12.8 Å². The molecule has 0 heterocycles. The summed E-state index contributed by atoms with van der Waals surface area (Å²) in [6, 6.07) is 0.993. The molecule has 0 bridgehead atoms. The fourth-order valence-corrected chi connectivity index (χ4v) is 2.62. The van der Waals surface area contributed by atoms with E-state index < -0.39 is 20.0 Å². The fourth-order valence-electron chi connectivity index (χ4n) is 1.57. The summed E-state index contributed by atoms with van der Waals surface area (Å²) < 4.78 is 0. The zero-order chi connectivity index (χ0) is 13.6. The highest BCUT2D eigenvalue weighted by atomic mass is 28.3. The van der Waals surface area contributed by atoms with Crippen molar-refractivity contribution < 1.29 is 19.8 Å². The molecule has 0 atom stereocenters. The molecular weight excluding hydrogens is 236 g/mol. The van der Waals surface area contributed by atoms with E-state index in [0.717, 1.165) is 11.6 Å². The Kier molecular flexibility index (Phi) is 6.16. The van der Waals surface area contributed by atoms with Gasteiger partial charge in [-0.05, 0) is 12.8 Å². The van der Waals surface area contributed by atoms with Crippen molar-refractivity contribution in [3.63, 3.8) is 0 Å². The van der Waals surface area contributed by atoms with Crippen molar-refractivity contribution in [3.05, 3.63) is 11.1 Å². The molecule has 0 aromatic rings. The van der Waals surface area contributed by atoms with Crippen LogP contribution in [0.3, 0.4) is 0 Å². The normalized spacial score (nSPS) is 13.2. The quantitative estimate of drug-likeness (QED) is 0.544. The predicted octanol–water partition coefficient (Wildman–Crippen LogP) is 2.98. The molecule has 0 radical (unpaired) electrons. The molecular formula is C12H22O4Si. The van der Waals surface area contributed by atoms with E-state index in [1.165, 1.54) is 0 Å². The van der Waals surface area contributed by atoms with Crippen LogP contribution in [-0.2, 0) is 9.59 Å². The maximum atomic E-state index is 11.0. The van der Waals surface area contributed by atoms with Crippen molar-refractivity contribution in [3.8, 4) is 0 Å². The Morgan fingerprint density at radius 1 is 1.12 bits per heavy atom. The molecule has 0 aliphatic rings. The largest absolute Gasteiger partial charge is 0.481 e. The van der Waals surface area contributed by atoms with Crippen LogP contribution in [0.15, 0.2) is 11.1 Å². The number of rotatable bonds is 7. The first-order valence-corrected chi connectivity index (χ1v) is 9.54. The molecule has 2 N–H and O–H groups in total. The molecule has 0 saturated heterocycles. The predicted molar refractivity (Wildman–Crippen MR) is 70.0 cm³/mol. The Morgan fingerprint density at radius 3 is 1.94 bits per heavy atom. The highest BCUT2D eigenvalue weighted by molar-refractivity contribution is 6.76. The Morgan fingerprint density at radius 2 is 1.65 bits per heavy atom. The molecule has 0 rings (SSSR count). The fraction of sp³-hybridized carbons (Fsp3) is 0.667. The smallest absolute Gasteiger partial charge is 0.332 e. The number of allylic oxidation sites excluding steroid dienone is 1. The molecule has 0 aliphatic heterocycles. The standard InChI is InChI=1S/C12H22O4Si/c1-5-9(6-7-17(2,3)4)10(12(15)16)8-11(13)14/h5-8H2,1-4H3,(H,13,14)(H,15,16). The van der Waals surface area contributed by atoms with E-state index >= 15 is 0 Å². The van der Waals surface area contributed by atoms with E-state index in [-0.39, 0.29) is 12.0 Å². The molecule has 0 amide bonds. The highest BCUT2D eigenvalue weighted by Crippen LogP contribution is 2.23. The van der Waals surface area contributed by atoms with Crippen LogP contribution in [0.25, 0.3) is 0 Å². The first-order chi connectivity index (χ1) is 7.67. The van der Waals surface area contributed by atoms with Gasteiger partial charge in [0.2, 0.25) is 0 Å². The third-order valence-electron chi connectivity index (χ3n) is 2.62. The molecule has 0 aromatic heterocycles. The second-order valence-electron chi connectivity index (χ2n) is 5.37. The lowest BCUT2D eigenvalue weighted by molar-refractivity contribution is -0.139. The maximum Gasteiger partial charge on any atom is 0.332 e. The summed E-state index contributed by atoms with van der Waals surface area (Å²) in [5.41, 5.74) is 0.848. The highest BCUT2D eigenvalue weighted by Gasteiger charge is 2.19. The summed E-state index contributed by atoms with van der Waals surface area (Å²) in [4.78, 5) is 21.7. The van der Waals surface area contributed by atoms with Gasteiger partial charge in [0.1, 0.15) is 0 Å². The monoisotopic (exact) mass is 258 g/mol. The lowest BCUT2D eigenvalue weighted by atomic mass is 10.0. The van der Waals surface area contributed by atoms with E-state index in [1.807, 2.05) is 6.92 Å². The van der Waals surface area contributed by atoms with Crippen molar-refractivity contribution >= 4 is 20.0 Å². The van der Waals surface area contributed by atoms with Crippen LogP contribution >= 0.6 is 0 Å². The minimum atomic E-state index is -1.23. The van der Waals surface area contributed by atoms with E-state index in [1.54, 1.807) is 0 Å². The van der Waals surface area contributed by atoms with Gasteiger partial charge in [-0.25, -0.2) is 4.79 Å². The Hall–Kier alpha value is -1.10. The van der Waals surface area contributed by atoms with Crippen molar-refractivity contribution in [2.45, 2.75) is 51.9 Å². The molecule has 5 heteroatoms. The van der Waals surface area contributed by atoms with E-state index in [2.05, 4.69) is 19.6 Å². The zero-order valence-electron chi connectivity index (χ0n) is 11.0. The third-order valence-corrected chi connectivity index (χ3v) is 4.37. The first kappa shape index (κ1) is 15.9. The van der Waals surface area contributed by atoms with Crippen LogP contribution < -0.4 is 0 Å². The molecule has 0 fully saturated rings. The number of carboxylic acid groups (broad SMARTS) is 2.